The van der Waals surface area contributed by atoms with E-state index in [1.54, 1.807) is 13.2 Å². The van der Waals surface area contributed by atoms with E-state index in [-0.39, 0.29) is 18.9 Å². The van der Waals surface area contributed by atoms with Crippen LogP contribution in [0.25, 0.3) is 0 Å². The smallest absolute Gasteiger partial charge is 0.247 e. The molecular formula is C12H16N2O4. The lowest BCUT2D eigenvalue weighted by Crippen LogP contribution is -2.30. The Bertz CT molecular complexity index is 446. The number of carbonyl (C=O) groups excluding carboxylic acids is 2. The van der Waals surface area contributed by atoms with E-state index in [2.05, 4.69) is 10.3 Å². The molecular weight excluding hydrogens is 236 g/mol. The summed E-state index contributed by atoms with van der Waals surface area (Å²) in [5.74, 6) is -0.284. The molecule has 98 valence electrons. The third kappa shape index (κ3) is 4.42. The van der Waals surface area contributed by atoms with Gasteiger partial charge in [-0.05, 0) is 24.1 Å². The van der Waals surface area contributed by atoms with Crippen molar-refractivity contribution in [2.24, 2.45) is 5.73 Å². The van der Waals surface area contributed by atoms with Gasteiger partial charge in [-0.2, -0.15) is 0 Å². The molecule has 1 aromatic rings. The number of hydrogen-bond donors (Lipinski definition) is 2. The second-order valence-electron chi connectivity index (χ2n) is 3.76. The van der Waals surface area contributed by atoms with Crippen LogP contribution in [-0.4, -0.2) is 25.5 Å². The van der Waals surface area contributed by atoms with Crippen LogP contribution in [0, 0.1) is 6.92 Å². The summed E-state index contributed by atoms with van der Waals surface area (Å²) in [6.45, 7) is 1.57. The van der Waals surface area contributed by atoms with Gasteiger partial charge >= 0.3 is 0 Å². The van der Waals surface area contributed by atoms with Crippen LogP contribution < -0.4 is 16.0 Å². The third-order valence-corrected chi connectivity index (χ3v) is 2.24. The van der Waals surface area contributed by atoms with E-state index in [4.69, 9.17) is 10.5 Å². The lowest BCUT2D eigenvalue weighted by Gasteiger charge is -2.08. The maximum atomic E-state index is 11.4. The van der Waals surface area contributed by atoms with Crippen LogP contribution in [-0.2, 0) is 20.8 Å². The Labute approximate surface area is 105 Å². The number of hydroxylamine groups is 1. The van der Waals surface area contributed by atoms with Gasteiger partial charge in [0.25, 0.3) is 0 Å². The summed E-state index contributed by atoms with van der Waals surface area (Å²) in [4.78, 5) is 26.4. The molecule has 0 atom stereocenters. The van der Waals surface area contributed by atoms with Crippen molar-refractivity contribution < 1.29 is 19.2 Å². The van der Waals surface area contributed by atoms with Crippen molar-refractivity contribution in [2.75, 3.05) is 13.7 Å². The molecule has 0 aliphatic rings. The predicted molar refractivity (Wildman–Crippen MR) is 64.7 cm³/mol. The van der Waals surface area contributed by atoms with Crippen LogP contribution in [0.4, 0.5) is 0 Å². The molecule has 0 aliphatic carbocycles. The van der Waals surface area contributed by atoms with Crippen LogP contribution in [0.15, 0.2) is 18.2 Å². The number of carbonyl (C=O) groups is 2. The average Bonchev–Trinajstić information content (AvgIpc) is 2.31. The summed E-state index contributed by atoms with van der Waals surface area (Å²) in [7, 11) is 1.57. The number of amides is 2. The molecule has 18 heavy (non-hydrogen) atoms. The van der Waals surface area contributed by atoms with Gasteiger partial charge in [-0.3, -0.25) is 14.4 Å². The fraction of sp³-hybridized carbons (Fsp3) is 0.333. The van der Waals surface area contributed by atoms with Gasteiger partial charge in [0, 0.05) is 0 Å². The first-order chi connectivity index (χ1) is 8.52. The third-order valence-electron chi connectivity index (χ3n) is 2.24. The highest BCUT2D eigenvalue weighted by Crippen LogP contribution is 2.19. The molecule has 0 fully saturated rings. The van der Waals surface area contributed by atoms with Crippen LogP contribution in [0.5, 0.6) is 5.75 Å². The lowest BCUT2D eigenvalue weighted by molar-refractivity contribution is -0.137. The van der Waals surface area contributed by atoms with E-state index >= 15 is 0 Å². The fourth-order valence-electron chi connectivity index (χ4n) is 1.38. The molecule has 6 nitrogen and oxygen atoms in total. The first-order valence-corrected chi connectivity index (χ1v) is 5.35. The molecule has 1 aromatic carbocycles. The molecule has 0 unspecified atom stereocenters. The monoisotopic (exact) mass is 252 g/mol. The van der Waals surface area contributed by atoms with Gasteiger partial charge in [-0.1, -0.05) is 12.1 Å². The van der Waals surface area contributed by atoms with Gasteiger partial charge < -0.3 is 10.5 Å². The molecule has 1 rings (SSSR count). The highest BCUT2D eigenvalue weighted by atomic mass is 16.7. The Morgan fingerprint density at radius 2 is 2.11 bits per heavy atom. The lowest BCUT2D eigenvalue weighted by atomic mass is 10.1. The molecule has 0 spiro atoms. The van der Waals surface area contributed by atoms with Gasteiger partial charge in [0.1, 0.15) is 5.75 Å². The van der Waals surface area contributed by atoms with Crippen LogP contribution in [0.3, 0.4) is 0 Å². The van der Waals surface area contributed by atoms with Crippen molar-refractivity contribution >= 4 is 11.8 Å². The maximum Gasteiger partial charge on any atom is 0.247 e. The average molecular weight is 252 g/mol. The van der Waals surface area contributed by atoms with E-state index in [0.29, 0.717) is 0 Å². The second-order valence-corrected chi connectivity index (χ2v) is 3.76. The SMILES string of the molecule is COc1cc(CC(=O)NOCC(N)=O)ccc1C. The number of methoxy groups -OCH3 is 1. The fourth-order valence-corrected chi connectivity index (χ4v) is 1.38. The van der Waals surface area contributed by atoms with Crippen molar-refractivity contribution in [2.45, 2.75) is 13.3 Å². The summed E-state index contributed by atoms with van der Waals surface area (Å²) >= 11 is 0. The zero-order valence-electron chi connectivity index (χ0n) is 10.4. The normalized spacial score (nSPS) is 9.89. The summed E-state index contributed by atoms with van der Waals surface area (Å²) in [5.41, 5.74) is 8.77. The van der Waals surface area contributed by atoms with E-state index in [0.717, 1.165) is 16.9 Å². The molecule has 0 bridgehead atoms. The van der Waals surface area contributed by atoms with Crippen LogP contribution in [0.1, 0.15) is 11.1 Å². The van der Waals surface area contributed by atoms with Crippen LogP contribution >= 0.6 is 0 Å². The molecule has 0 aromatic heterocycles. The first kappa shape index (κ1) is 14.0. The zero-order valence-corrected chi connectivity index (χ0v) is 10.4. The standard InChI is InChI=1S/C12H16N2O4/c1-8-3-4-9(5-10(8)17-2)6-12(16)14-18-7-11(13)15/h3-5H,6-7H2,1-2H3,(H2,13,15)(H,14,16). The number of nitrogens with one attached hydrogen (secondary N) is 1. The van der Waals surface area contributed by atoms with Gasteiger partial charge in [0.15, 0.2) is 6.61 Å². The number of aryl methyl sites for hydroxylation is 1. The Kier molecular flexibility index (Phi) is 5.13. The van der Waals surface area contributed by atoms with Crippen molar-refractivity contribution in [1.29, 1.82) is 0 Å². The molecule has 3 N–H and O–H groups in total. The second kappa shape index (κ2) is 6.61. The minimum absolute atomic E-state index is 0.134. The summed E-state index contributed by atoms with van der Waals surface area (Å²) < 4.78 is 5.16. The minimum atomic E-state index is -0.646. The number of benzene rings is 1. The van der Waals surface area contributed by atoms with Crippen molar-refractivity contribution in [3.63, 3.8) is 0 Å². The molecule has 0 heterocycles. The number of rotatable bonds is 6. The maximum absolute atomic E-state index is 11.4. The Morgan fingerprint density at radius 3 is 2.72 bits per heavy atom. The number of hydrogen-bond acceptors (Lipinski definition) is 4. The Balaban J connectivity index is 2.51. The van der Waals surface area contributed by atoms with E-state index in [1.165, 1.54) is 0 Å². The summed E-state index contributed by atoms with van der Waals surface area (Å²) in [6.07, 6.45) is 0.134. The largest absolute Gasteiger partial charge is 0.496 e. The molecule has 0 radical (unpaired) electrons. The zero-order chi connectivity index (χ0) is 13.5. The molecule has 0 saturated carbocycles. The topological polar surface area (TPSA) is 90.7 Å². The number of nitrogens with two attached hydrogens (primary N) is 1. The van der Waals surface area contributed by atoms with Crippen molar-refractivity contribution in [3.05, 3.63) is 29.3 Å². The van der Waals surface area contributed by atoms with E-state index in [1.807, 2.05) is 19.1 Å². The highest BCUT2D eigenvalue weighted by molar-refractivity contribution is 5.78. The Hall–Kier alpha value is -2.08. The number of primary amides is 1. The van der Waals surface area contributed by atoms with E-state index in [9.17, 15) is 9.59 Å². The van der Waals surface area contributed by atoms with Crippen molar-refractivity contribution in [3.8, 4) is 5.75 Å². The van der Waals surface area contributed by atoms with Gasteiger partial charge in [0.05, 0.1) is 13.5 Å². The molecule has 2 amide bonds. The van der Waals surface area contributed by atoms with E-state index < -0.39 is 5.91 Å². The molecule has 0 aliphatic heterocycles. The predicted octanol–water partition coefficient (Wildman–Crippen LogP) is 0.0792. The minimum Gasteiger partial charge on any atom is -0.496 e. The quantitative estimate of drug-likeness (QED) is 0.701. The van der Waals surface area contributed by atoms with Crippen LogP contribution in [0.2, 0.25) is 0 Å². The summed E-state index contributed by atoms with van der Waals surface area (Å²) in [6, 6.07) is 5.47. The molecule has 0 saturated heterocycles. The van der Waals surface area contributed by atoms with Gasteiger partial charge in [0.2, 0.25) is 11.8 Å². The highest BCUT2D eigenvalue weighted by Gasteiger charge is 2.06. The van der Waals surface area contributed by atoms with Gasteiger partial charge in [-0.15, -0.1) is 0 Å². The molecule has 6 heteroatoms. The Morgan fingerprint density at radius 1 is 1.39 bits per heavy atom. The summed E-state index contributed by atoms with van der Waals surface area (Å²) in [5, 5.41) is 0. The van der Waals surface area contributed by atoms with Crippen molar-refractivity contribution in [1.82, 2.24) is 5.48 Å². The van der Waals surface area contributed by atoms with Gasteiger partial charge in [-0.25, -0.2) is 5.48 Å². The first-order valence-electron chi connectivity index (χ1n) is 5.35. The number of ether oxygens (including phenoxy) is 1.